The first-order valence-corrected chi connectivity index (χ1v) is 12.6. The summed E-state index contributed by atoms with van der Waals surface area (Å²) in [5.74, 6) is -0.951. The molecular formula is C22H22N2O7S2. The second-order valence-electron chi connectivity index (χ2n) is 6.85. The Hall–Kier alpha value is -3.41. The van der Waals surface area contributed by atoms with Crippen LogP contribution in [0.5, 0.6) is 5.75 Å². The zero-order valence-electron chi connectivity index (χ0n) is 17.6. The van der Waals surface area contributed by atoms with E-state index < -0.39 is 32.6 Å². The number of esters is 1. The van der Waals surface area contributed by atoms with Crippen molar-refractivity contribution in [3.8, 4) is 5.75 Å². The molecule has 0 unspecified atom stereocenters. The van der Waals surface area contributed by atoms with Gasteiger partial charge >= 0.3 is 5.97 Å². The van der Waals surface area contributed by atoms with E-state index in [9.17, 15) is 21.6 Å². The molecule has 2 N–H and O–H groups in total. The number of rotatable bonds is 9. The molecule has 0 aliphatic carbocycles. The quantitative estimate of drug-likeness (QED) is 0.455. The molecule has 0 aliphatic heterocycles. The standard InChI is InChI=1S/C22H22N2O7S2/c1-30-22(25)15-24(33(23,28)29)20-13-12-19(32(26,27)18-10-6-3-7-11-18)14-21(20)31-16-17-8-4-2-5-9-17/h2-14H,15-16H2,1H3,(H2,23,28,29). The second-order valence-corrected chi connectivity index (χ2v) is 10.3. The van der Waals surface area contributed by atoms with E-state index in [1.54, 1.807) is 42.5 Å². The van der Waals surface area contributed by atoms with Gasteiger partial charge in [-0.1, -0.05) is 48.5 Å². The lowest BCUT2D eigenvalue weighted by molar-refractivity contribution is -0.138. The molecule has 0 saturated carbocycles. The summed E-state index contributed by atoms with van der Waals surface area (Å²) >= 11 is 0. The molecule has 0 amide bonds. The second kappa shape index (κ2) is 10.0. The third-order valence-electron chi connectivity index (χ3n) is 4.61. The number of carbonyl (C=O) groups is 1. The molecule has 0 spiro atoms. The highest BCUT2D eigenvalue weighted by Gasteiger charge is 2.27. The molecule has 3 aromatic carbocycles. The number of nitrogens with zero attached hydrogens (tertiary/aromatic N) is 1. The highest BCUT2D eigenvalue weighted by molar-refractivity contribution is 7.91. The third kappa shape index (κ3) is 5.89. The van der Waals surface area contributed by atoms with E-state index in [-0.39, 0.29) is 27.8 Å². The molecule has 0 radical (unpaired) electrons. The Balaban J connectivity index is 2.10. The largest absolute Gasteiger partial charge is 0.487 e. The van der Waals surface area contributed by atoms with Gasteiger partial charge < -0.3 is 9.47 Å². The molecule has 0 atom stereocenters. The molecule has 0 saturated heterocycles. The van der Waals surface area contributed by atoms with Gasteiger partial charge in [-0.15, -0.1) is 0 Å². The first kappa shape index (κ1) is 24.2. The van der Waals surface area contributed by atoms with Crippen LogP contribution in [0.4, 0.5) is 5.69 Å². The Kier molecular flexibility index (Phi) is 7.36. The molecule has 3 aromatic rings. The lowest BCUT2D eigenvalue weighted by Gasteiger charge is -2.23. The number of hydrogen-bond acceptors (Lipinski definition) is 7. The van der Waals surface area contributed by atoms with Crippen molar-refractivity contribution in [3.63, 3.8) is 0 Å². The number of sulfone groups is 1. The van der Waals surface area contributed by atoms with Gasteiger partial charge in [-0.05, 0) is 29.8 Å². The van der Waals surface area contributed by atoms with Gasteiger partial charge in [0.2, 0.25) is 9.84 Å². The summed E-state index contributed by atoms with van der Waals surface area (Å²) in [6, 6.07) is 20.4. The predicted molar refractivity (Wildman–Crippen MR) is 122 cm³/mol. The molecular weight excluding hydrogens is 468 g/mol. The average Bonchev–Trinajstić information content (AvgIpc) is 2.81. The minimum absolute atomic E-state index is 0.0133. The van der Waals surface area contributed by atoms with Gasteiger partial charge in [0.05, 0.1) is 22.6 Å². The molecule has 0 bridgehead atoms. The van der Waals surface area contributed by atoms with Crippen molar-refractivity contribution in [1.82, 2.24) is 0 Å². The maximum absolute atomic E-state index is 13.1. The maximum Gasteiger partial charge on any atom is 0.326 e. The summed E-state index contributed by atoms with van der Waals surface area (Å²) in [4.78, 5) is 11.8. The number of anilines is 1. The van der Waals surface area contributed by atoms with Crippen molar-refractivity contribution >= 4 is 31.7 Å². The average molecular weight is 491 g/mol. The molecule has 11 heteroatoms. The van der Waals surface area contributed by atoms with Crippen molar-refractivity contribution < 1.29 is 31.1 Å². The summed E-state index contributed by atoms with van der Waals surface area (Å²) in [7, 11) is -7.24. The van der Waals surface area contributed by atoms with Gasteiger partial charge in [-0.2, -0.15) is 8.42 Å². The molecule has 0 aromatic heterocycles. The summed E-state index contributed by atoms with van der Waals surface area (Å²) in [5.41, 5.74) is 0.653. The maximum atomic E-state index is 13.1. The van der Waals surface area contributed by atoms with Crippen LogP contribution in [-0.4, -0.2) is 36.5 Å². The van der Waals surface area contributed by atoms with E-state index in [0.717, 1.165) is 12.7 Å². The van der Waals surface area contributed by atoms with Crippen LogP contribution in [-0.2, 0) is 36.2 Å². The molecule has 0 fully saturated rings. The zero-order valence-corrected chi connectivity index (χ0v) is 19.3. The first-order chi connectivity index (χ1) is 15.6. The van der Waals surface area contributed by atoms with E-state index in [2.05, 4.69) is 4.74 Å². The van der Waals surface area contributed by atoms with Crippen LogP contribution in [0.25, 0.3) is 0 Å². The lowest BCUT2D eigenvalue weighted by atomic mass is 10.2. The molecule has 0 heterocycles. The summed E-state index contributed by atoms with van der Waals surface area (Å²) in [5, 5.41) is 5.32. The fraction of sp³-hybridized carbons (Fsp3) is 0.136. The van der Waals surface area contributed by atoms with Crippen molar-refractivity contribution in [2.24, 2.45) is 5.14 Å². The predicted octanol–water partition coefficient (Wildman–Crippen LogP) is 2.28. The van der Waals surface area contributed by atoms with Gasteiger partial charge in [0.1, 0.15) is 18.9 Å². The topological polar surface area (TPSA) is 133 Å². The van der Waals surface area contributed by atoms with E-state index >= 15 is 0 Å². The SMILES string of the molecule is COC(=O)CN(c1ccc(S(=O)(=O)c2ccccc2)cc1OCc1ccccc1)S(N)(=O)=O. The molecule has 174 valence electrons. The third-order valence-corrected chi connectivity index (χ3v) is 7.32. The number of benzene rings is 3. The number of nitrogens with two attached hydrogens (primary N) is 1. The van der Waals surface area contributed by atoms with Crippen molar-refractivity contribution in [2.75, 3.05) is 18.0 Å². The molecule has 0 aliphatic rings. The van der Waals surface area contributed by atoms with Gasteiger partial charge in [-0.3, -0.25) is 4.79 Å². The van der Waals surface area contributed by atoms with Gasteiger partial charge in [-0.25, -0.2) is 17.9 Å². The summed E-state index contributed by atoms with van der Waals surface area (Å²) in [6.45, 7) is -0.707. The van der Waals surface area contributed by atoms with Crippen LogP contribution in [0.3, 0.4) is 0 Å². The molecule has 33 heavy (non-hydrogen) atoms. The Bertz CT molecular complexity index is 1330. The fourth-order valence-corrected chi connectivity index (χ4v) is 4.96. The Morgan fingerprint density at radius 1 is 0.879 bits per heavy atom. The fourth-order valence-electron chi connectivity index (χ4n) is 2.95. The van der Waals surface area contributed by atoms with Crippen LogP contribution < -0.4 is 14.2 Å². The summed E-state index contributed by atoms with van der Waals surface area (Å²) < 4.78 is 61.6. The van der Waals surface area contributed by atoms with E-state index in [0.29, 0.717) is 4.31 Å². The highest BCUT2D eigenvalue weighted by atomic mass is 32.2. The van der Waals surface area contributed by atoms with E-state index in [4.69, 9.17) is 9.88 Å². The zero-order chi connectivity index (χ0) is 24.1. The molecule has 9 nitrogen and oxygen atoms in total. The number of carbonyl (C=O) groups excluding carboxylic acids is 1. The van der Waals surface area contributed by atoms with Crippen LogP contribution in [0, 0.1) is 0 Å². The van der Waals surface area contributed by atoms with Crippen LogP contribution in [0.1, 0.15) is 5.56 Å². The number of hydrogen-bond donors (Lipinski definition) is 1. The van der Waals surface area contributed by atoms with Crippen LogP contribution in [0.15, 0.2) is 88.7 Å². The first-order valence-electron chi connectivity index (χ1n) is 9.61. The van der Waals surface area contributed by atoms with Crippen molar-refractivity contribution in [3.05, 3.63) is 84.4 Å². The minimum Gasteiger partial charge on any atom is -0.487 e. The monoisotopic (exact) mass is 490 g/mol. The minimum atomic E-state index is -4.43. The van der Waals surface area contributed by atoms with Gasteiger partial charge in [0, 0.05) is 6.07 Å². The molecule has 3 rings (SSSR count). The van der Waals surface area contributed by atoms with Crippen LogP contribution >= 0.6 is 0 Å². The van der Waals surface area contributed by atoms with Crippen molar-refractivity contribution in [2.45, 2.75) is 16.4 Å². The number of ether oxygens (including phenoxy) is 2. The Morgan fingerprint density at radius 2 is 1.48 bits per heavy atom. The Morgan fingerprint density at radius 3 is 2.06 bits per heavy atom. The van der Waals surface area contributed by atoms with Crippen molar-refractivity contribution in [1.29, 1.82) is 0 Å². The Labute approximate surface area is 192 Å². The smallest absolute Gasteiger partial charge is 0.326 e. The van der Waals surface area contributed by atoms with E-state index in [1.165, 1.54) is 30.3 Å². The number of methoxy groups -OCH3 is 1. The summed E-state index contributed by atoms with van der Waals surface area (Å²) in [6.07, 6.45) is 0. The van der Waals surface area contributed by atoms with E-state index in [1.807, 2.05) is 6.07 Å². The normalized spacial score (nSPS) is 11.6. The highest BCUT2D eigenvalue weighted by Crippen LogP contribution is 2.34. The lowest BCUT2D eigenvalue weighted by Crippen LogP contribution is -2.41. The van der Waals surface area contributed by atoms with Gasteiger partial charge in [0.25, 0.3) is 10.2 Å². The van der Waals surface area contributed by atoms with Crippen LogP contribution in [0.2, 0.25) is 0 Å². The van der Waals surface area contributed by atoms with Gasteiger partial charge in [0.15, 0.2) is 0 Å².